The average Bonchev–Trinajstić information content (AvgIpc) is 3.06. The highest BCUT2D eigenvalue weighted by atomic mass is 35.5. The van der Waals surface area contributed by atoms with E-state index in [0.29, 0.717) is 36.7 Å². The summed E-state index contributed by atoms with van der Waals surface area (Å²) in [4.78, 5) is 13.5. The Hall–Kier alpha value is -2.11. The lowest BCUT2D eigenvalue weighted by molar-refractivity contribution is 0.101. The van der Waals surface area contributed by atoms with Crippen LogP contribution in [0.4, 0.5) is 0 Å². The number of hydrogen-bond donors (Lipinski definition) is 0. The van der Waals surface area contributed by atoms with E-state index in [1.807, 2.05) is 18.2 Å². The maximum atomic E-state index is 13.1. The number of rotatable bonds is 5. The first-order valence-electron chi connectivity index (χ1n) is 8.59. The van der Waals surface area contributed by atoms with Gasteiger partial charge in [-0.25, -0.2) is 0 Å². The summed E-state index contributed by atoms with van der Waals surface area (Å²) in [5.41, 5.74) is 1.52. The van der Waals surface area contributed by atoms with Crippen LogP contribution in [0.5, 0.6) is 0 Å². The molecule has 0 saturated carbocycles. The van der Waals surface area contributed by atoms with Crippen LogP contribution in [0, 0.1) is 0 Å². The molecule has 3 aromatic carbocycles. The summed E-state index contributed by atoms with van der Waals surface area (Å²) < 4.78 is 19.0. The first-order chi connectivity index (χ1) is 14.0. The summed E-state index contributed by atoms with van der Waals surface area (Å²) >= 11 is 18.4. The molecule has 0 aliphatic rings. The quantitative estimate of drug-likeness (QED) is 0.301. The van der Waals surface area contributed by atoms with Gasteiger partial charge in [0.2, 0.25) is 5.78 Å². The molecular formula is C22H13Cl3O3S. The Morgan fingerprint density at radius 2 is 1.52 bits per heavy atom. The SMILES string of the molecule is O=C(c1ccc(Cl)cc1)c1oc2ccccc2c1C[S@](=O)c1c(Cl)cccc1Cl. The van der Waals surface area contributed by atoms with Crippen molar-refractivity contribution in [1.29, 1.82) is 0 Å². The van der Waals surface area contributed by atoms with Crippen molar-refractivity contribution in [3.63, 3.8) is 0 Å². The molecule has 0 aliphatic carbocycles. The molecule has 0 amide bonds. The number of hydrogen-bond acceptors (Lipinski definition) is 3. The molecule has 4 aromatic rings. The first kappa shape index (κ1) is 20.2. The molecule has 0 unspecified atom stereocenters. The van der Waals surface area contributed by atoms with E-state index < -0.39 is 10.8 Å². The van der Waals surface area contributed by atoms with Gasteiger partial charge in [0.05, 0.1) is 31.5 Å². The highest BCUT2D eigenvalue weighted by Gasteiger charge is 2.25. The van der Waals surface area contributed by atoms with Crippen molar-refractivity contribution in [3.05, 3.63) is 98.7 Å². The fourth-order valence-corrected chi connectivity index (χ4v) is 5.37. The number of furan rings is 1. The molecule has 7 heteroatoms. The van der Waals surface area contributed by atoms with E-state index in [2.05, 4.69) is 0 Å². The minimum absolute atomic E-state index is 0.0368. The Balaban J connectivity index is 1.81. The van der Waals surface area contributed by atoms with Crippen molar-refractivity contribution in [2.24, 2.45) is 0 Å². The van der Waals surface area contributed by atoms with E-state index in [1.54, 1.807) is 48.5 Å². The smallest absolute Gasteiger partial charge is 0.228 e. The highest BCUT2D eigenvalue weighted by Crippen LogP contribution is 2.33. The number of carbonyl (C=O) groups excluding carboxylic acids is 1. The molecule has 0 saturated heterocycles. The zero-order chi connectivity index (χ0) is 20.5. The monoisotopic (exact) mass is 462 g/mol. The van der Waals surface area contributed by atoms with Crippen LogP contribution in [-0.4, -0.2) is 9.99 Å². The van der Waals surface area contributed by atoms with Crippen LogP contribution in [-0.2, 0) is 16.6 Å². The number of para-hydroxylation sites is 1. The Labute approximate surface area is 184 Å². The molecule has 0 spiro atoms. The van der Waals surface area contributed by atoms with Gasteiger partial charge in [0.15, 0.2) is 5.76 Å². The van der Waals surface area contributed by atoms with Crippen LogP contribution < -0.4 is 0 Å². The first-order valence-corrected chi connectivity index (χ1v) is 11.0. The second-order valence-corrected chi connectivity index (χ2v) is 8.92. The third kappa shape index (κ3) is 3.99. The van der Waals surface area contributed by atoms with Gasteiger partial charge in [-0.15, -0.1) is 0 Å². The largest absolute Gasteiger partial charge is 0.452 e. The molecule has 4 rings (SSSR count). The van der Waals surface area contributed by atoms with Crippen LogP contribution in [0.2, 0.25) is 15.1 Å². The van der Waals surface area contributed by atoms with E-state index in [1.165, 1.54) is 0 Å². The van der Waals surface area contributed by atoms with E-state index in [0.717, 1.165) is 5.39 Å². The van der Waals surface area contributed by atoms with Gasteiger partial charge in [-0.1, -0.05) is 59.1 Å². The van der Waals surface area contributed by atoms with Crippen molar-refractivity contribution in [1.82, 2.24) is 0 Å². The van der Waals surface area contributed by atoms with E-state index in [-0.39, 0.29) is 17.3 Å². The molecule has 0 fully saturated rings. The summed E-state index contributed by atoms with van der Waals surface area (Å²) in [6.07, 6.45) is 0. The molecule has 1 aromatic heterocycles. The second-order valence-electron chi connectivity index (χ2n) is 6.28. The lowest BCUT2D eigenvalue weighted by atomic mass is 10.0. The Morgan fingerprint density at radius 1 is 0.862 bits per heavy atom. The molecule has 0 radical (unpaired) electrons. The fourth-order valence-electron chi connectivity index (χ4n) is 3.06. The van der Waals surface area contributed by atoms with Gasteiger partial charge in [-0.2, -0.15) is 0 Å². The van der Waals surface area contributed by atoms with Crippen LogP contribution in [0.1, 0.15) is 21.7 Å². The predicted molar refractivity (Wildman–Crippen MR) is 118 cm³/mol. The summed E-state index contributed by atoms with van der Waals surface area (Å²) in [5, 5.41) is 1.88. The summed E-state index contributed by atoms with van der Waals surface area (Å²) in [7, 11) is -1.58. The number of fused-ring (bicyclic) bond motifs is 1. The third-order valence-electron chi connectivity index (χ3n) is 4.43. The molecular weight excluding hydrogens is 451 g/mol. The van der Waals surface area contributed by atoms with Crippen molar-refractivity contribution in [2.45, 2.75) is 10.6 Å². The van der Waals surface area contributed by atoms with Gasteiger partial charge in [0, 0.05) is 21.5 Å². The van der Waals surface area contributed by atoms with Crippen molar-refractivity contribution < 1.29 is 13.4 Å². The number of benzene rings is 3. The number of ketones is 1. The van der Waals surface area contributed by atoms with Crippen molar-refractivity contribution in [2.75, 3.05) is 0 Å². The van der Waals surface area contributed by atoms with Crippen molar-refractivity contribution >= 4 is 62.4 Å². The zero-order valence-corrected chi connectivity index (χ0v) is 17.9. The van der Waals surface area contributed by atoms with Gasteiger partial charge in [-0.05, 0) is 42.5 Å². The lowest BCUT2D eigenvalue weighted by Crippen LogP contribution is -2.06. The minimum atomic E-state index is -1.58. The Kier molecular flexibility index (Phi) is 5.79. The molecule has 146 valence electrons. The van der Waals surface area contributed by atoms with Crippen LogP contribution in [0.3, 0.4) is 0 Å². The summed E-state index contributed by atoms with van der Waals surface area (Å²) in [5.74, 6) is -0.130. The van der Waals surface area contributed by atoms with E-state index in [9.17, 15) is 9.00 Å². The van der Waals surface area contributed by atoms with Gasteiger partial charge in [0.25, 0.3) is 0 Å². The summed E-state index contributed by atoms with van der Waals surface area (Å²) in [6, 6.07) is 18.7. The van der Waals surface area contributed by atoms with Crippen LogP contribution in [0.15, 0.2) is 76.0 Å². The zero-order valence-electron chi connectivity index (χ0n) is 14.8. The van der Waals surface area contributed by atoms with Gasteiger partial charge in [0.1, 0.15) is 5.58 Å². The lowest BCUT2D eigenvalue weighted by Gasteiger charge is -2.08. The molecule has 1 atom stereocenters. The predicted octanol–water partition coefficient (Wildman–Crippen LogP) is 6.93. The van der Waals surface area contributed by atoms with E-state index >= 15 is 0 Å². The van der Waals surface area contributed by atoms with Gasteiger partial charge in [-0.3, -0.25) is 9.00 Å². The standard InChI is InChI=1S/C22H13Cl3O3S/c23-14-10-8-13(9-11-14)20(26)21-16(15-4-1-2-7-19(15)28-21)12-29(27)22-17(24)5-3-6-18(22)25/h1-11H,12H2/t29-/m0/s1. The van der Waals surface area contributed by atoms with Gasteiger partial charge >= 0.3 is 0 Å². The van der Waals surface area contributed by atoms with Crippen LogP contribution >= 0.6 is 34.8 Å². The second kappa shape index (κ2) is 8.33. The minimum Gasteiger partial charge on any atom is -0.452 e. The number of carbonyl (C=O) groups is 1. The van der Waals surface area contributed by atoms with E-state index in [4.69, 9.17) is 39.2 Å². The molecule has 0 N–H and O–H groups in total. The molecule has 0 bridgehead atoms. The highest BCUT2D eigenvalue weighted by molar-refractivity contribution is 7.84. The topological polar surface area (TPSA) is 47.3 Å². The van der Waals surface area contributed by atoms with Crippen LogP contribution in [0.25, 0.3) is 11.0 Å². The molecule has 1 heterocycles. The maximum Gasteiger partial charge on any atom is 0.228 e. The Bertz CT molecular complexity index is 1230. The molecule has 3 nitrogen and oxygen atoms in total. The maximum absolute atomic E-state index is 13.1. The third-order valence-corrected chi connectivity index (χ3v) is 6.99. The molecule has 0 aliphatic heterocycles. The number of halogens is 3. The van der Waals surface area contributed by atoms with Gasteiger partial charge < -0.3 is 4.42 Å². The van der Waals surface area contributed by atoms with Crippen molar-refractivity contribution in [3.8, 4) is 0 Å². The Morgan fingerprint density at radius 3 is 2.21 bits per heavy atom. The molecule has 29 heavy (non-hydrogen) atoms. The fraction of sp³-hybridized carbons (Fsp3) is 0.0455. The average molecular weight is 464 g/mol. The normalized spacial score (nSPS) is 12.2. The summed E-state index contributed by atoms with van der Waals surface area (Å²) in [6.45, 7) is 0.